The molecule has 138 valence electrons. The maximum atomic E-state index is 6.23. The van der Waals surface area contributed by atoms with E-state index < -0.39 is 8.32 Å². The molecule has 0 unspecified atom stereocenters. The van der Waals surface area contributed by atoms with Gasteiger partial charge in [0, 0.05) is 30.4 Å². The molecule has 2 nitrogen and oxygen atoms in total. The van der Waals surface area contributed by atoms with Crippen LogP contribution in [0.15, 0.2) is 28.7 Å². The van der Waals surface area contributed by atoms with E-state index in [9.17, 15) is 0 Å². The van der Waals surface area contributed by atoms with Crippen molar-refractivity contribution in [2.75, 3.05) is 25.1 Å². The lowest BCUT2D eigenvalue weighted by atomic mass is 10.1. The lowest BCUT2D eigenvalue weighted by Crippen LogP contribution is -2.40. The van der Waals surface area contributed by atoms with Crippen molar-refractivity contribution in [2.45, 2.75) is 71.0 Å². The van der Waals surface area contributed by atoms with Crippen LogP contribution < -0.4 is 4.90 Å². The van der Waals surface area contributed by atoms with E-state index in [2.05, 4.69) is 86.0 Å². The molecule has 0 radical (unpaired) electrons. The standard InChI is InChI=1S/C20H36BrNOSi/c1-20(2,3)24(5,6)23-17-11-9-7-8-10-16-22(4)19-14-12-18(21)13-15-19/h12-15H,7-11,16-17H2,1-6H3. The minimum Gasteiger partial charge on any atom is -0.417 e. The molecule has 0 aliphatic carbocycles. The van der Waals surface area contributed by atoms with Gasteiger partial charge in [-0.2, -0.15) is 0 Å². The third kappa shape index (κ3) is 7.71. The van der Waals surface area contributed by atoms with Gasteiger partial charge in [-0.1, -0.05) is 56.0 Å². The molecule has 0 atom stereocenters. The monoisotopic (exact) mass is 413 g/mol. The molecular formula is C20H36BrNOSi. The van der Waals surface area contributed by atoms with Crippen LogP contribution in [0.5, 0.6) is 0 Å². The van der Waals surface area contributed by atoms with Crippen molar-refractivity contribution in [3.05, 3.63) is 28.7 Å². The zero-order valence-corrected chi connectivity index (χ0v) is 19.1. The van der Waals surface area contributed by atoms with E-state index in [-0.39, 0.29) is 0 Å². The van der Waals surface area contributed by atoms with Crippen LogP contribution in [0.1, 0.15) is 52.9 Å². The molecule has 0 amide bonds. The van der Waals surface area contributed by atoms with Crippen molar-refractivity contribution in [2.24, 2.45) is 0 Å². The van der Waals surface area contributed by atoms with Crippen LogP contribution in [0.25, 0.3) is 0 Å². The zero-order valence-electron chi connectivity index (χ0n) is 16.5. The summed E-state index contributed by atoms with van der Waals surface area (Å²) in [7, 11) is 0.630. The molecule has 0 N–H and O–H groups in total. The van der Waals surface area contributed by atoms with E-state index in [0.717, 1.165) is 17.6 Å². The van der Waals surface area contributed by atoms with Crippen LogP contribution in [0.4, 0.5) is 5.69 Å². The molecule has 0 saturated heterocycles. The first-order valence-corrected chi connectivity index (χ1v) is 12.9. The highest BCUT2D eigenvalue weighted by atomic mass is 79.9. The Morgan fingerprint density at radius 2 is 1.50 bits per heavy atom. The van der Waals surface area contributed by atoms with E-state index in [0.29, 0.717) is 5.04 Å². The average Bonchev–Trinajstić information content (AvgIpc) is 2.49. The molecule has 1 aromatic carbocycles. The number of unbranched alkanes of at least 4 members (excludes halogenated alkanes) is 4. The highest BCUT2D eigenvalue weighted by molar-refractivity contribution is 9.10. The third-order valence-corrected chi connectivity index (χ3v) is 10.2. The average molecular weight is 415 g/mol. The minimum absolute atomic E-state index is 0.324. The molecule has 0 spiro atoms. The fourth-order valence-electron chi connectivity index (χ4n) is 2.35. The Bertz CT molecular complexity index is 468. The topological polar surface area (TPSA) is 12.5 Å². The van der Waals surface area contributed by atoms with Crippen molar-refractivity contribution in [1.82, 2.24) is 0 Å². The van der Waals surface area contributed by atoms with Gasteiger partial charge in [0.15, 0.2) is 8.32 Å². The Kier molecular flexibility index (Phi) is 9.03. The molecule has 0 heterocycles. The number of hydrogen-bond acceptors (Lipinski definition) is 2. The number of benzene rings is 1. The van der Waals surface area contributed by atoms with Crippen LogP contribution in [-0.4, -0.2) is 28.5 Å². The summed E-state index contributed by atoms with van der Waals surface area (Å²) in [5.41, 5.74) is 1.29. The van der Waals surface area contributed by atoms with Crippen LogP contribution in [-0.2, 0) is 4.43 Å². The second-order valence-corrected chi connectivity index (χ2v) is 14.0. The fraction of sp³-hybridized carbons (Fsp3) is 0.700. The van der Waals surface area contributed by atoms with Crippen molar-refractivity contribution in [1.29, 1.82) is 0 Å². The van der Waals surface area contributed by atoms with Gasteiger partial charge >= 0.3 is 0 Å². The Hall–Kier alpha value is -0.323. The first-order valence-electron chi connectivity index (χ1n) is 9.24. The van der Waals surface area contributed by atoms with Gasteiger partial charge in [-0.25, -0.2) is 0 Å². The van der Waals surface area contributed by atoms with Crippen molar-refractivity contribution in [3.63, 3.8) is 0 Å². The fourth-order valence-corrected chi connectivity index (χ4v) is 3.70. The SMILES string of the molecule is CN(CCCCCCCO[Si](C)(C)C(C)(C)C)c1ccc(Br)cc1. The maximum absolute atomic E-state index is 6.23. The summed E-state index contributed by atoms with van der Waals surface area (Å²) in [5.74, 6) is 0. The van der Waals surface area contributed by atoms with Crippen LogP contribution >= 0.6 is 15.9 Å². The Morgan fingerprint density at radius 3 is 2.08 bits per heavy atom. The molecule has 0 bridgehead atoms. The van der Waals surface area contributed by atoms with Crippen molar-refractivity contribution in [3.8, 4) is 0 Å². The summed E-state index contributed by atoms with van der Waals surface area (Å²) in [6.45, 7) is 13.7. The predicted molar refractivity (Wildman–Crippen MR) is 114 cm³/mol. The quantitative estimate of drug-likeness (QED) is 0.306. The second-order valence-electron chi connectivity index (χ2n) is 8.27. The number of rotatable bonds is 10. The van der Waals surface area contributed by atoms with Gasteiger partial charge in [0.1, 0.15) is 0 Å². The smallest absolute Gasteiger partial charge is 0.191 e. The van der Waals surface area contributed by atoms with Gasteiger partial charge in [-0.05, 0) is 55.2 Å². The predicted octanol–water partition coefficient (Wildman–Crippen LogP) is 6.86. The van der Waals surface area contributed by atoms with Gasteiger partial charge in [0.2, 0.25) is 0 Å². The van der Waals surface area contributed by atoms with E-state index in [1.165, 1.54) is 37.8 Å². The molecule has 0 aromatic heterocycles. The summed E-state index contributed by atoms with van der Waals surface area (Å²) < 4.78 is 7.37. The second kappa shape index (κ2) is 9.98. The molecule has 0 saturated carbocycles. The van der Waals surface area contributed by atoms with Gasteiger partial charge in [0.05, 0.1) is 0 Å². The summed E-state index contributed by atoms with van der Waals surface area (Å²) in [4.78, 5) is 2.34. The Labute approximate surface area is 159 Å². The van der Waals surface area contributed by atoms with Gasteiger partial charge in [0.25, 0.3) is 0 Å². The molecule has 1 aromatic rings. The van der Waals surface area contributed by atoms with Gasteiger partial charge in [-0.3, -0.25) is 0 Å². The highest BCUT2D eigenvalue weighted by Crippen LogP contribution is 2.36. The highest BCUT2D eigenvalue weighted by Gasteiger charge is 2.36. The normalized spacial score (nSPS) is 12.5. The third-order valence-electron chi connectivity index (χ3n) is 5.17. The molecule has 24 heavy (non-hydrogen) atoms. The molecular weight excluding hydrogens is 378 g/mol. The molecule has 0 aliphatic heterocycles. The van der Waals surface area contributed by atoms with E-state index >= 15 is 0 Å². The Balaban J connectivity index is 2.07. The lowest BCUT2D eigenvalue weighted by Gasteiger charge is -2.36. The largest absolute Gasteiger partial charge is 0.417 e. The lowest BCUT2D eigenvalue weighted by molar-refractivity contribution is 0.277. The summed E-state index contributed by atoms with van der Waals surface area (Å²) in [6, 6.07) is 8.55. The van der Waals surface area contributed by atoms with Crippen LogP contribution in [0, 0.1) is 0 Å². The van der Waals surface area contributed by atoms with E-state index in [1.54, 1.807) is 0 Å². The molecule has 0 fully saturated rings. The van der Waals surface area contributed by atoms with Crippen molar-refractivity contribution >= 4 is 29.9 Å². The number of nitrogens with zero attached hydrogens (tertiary/aromatic N) is 1. The number of hydrogen-bond donors (Lipinski definition) is 0. The molecule has 4 heteroatoms. The molecule has 1 rings (SSSR count). The van der Waals surface area contributed by atoms with E-state index in [1.807, 2.05) is 0 Å². The van der Waals surface area contributed by atoms with Crippen LogP contribution in [0.2, 0.25) is 18.1 Å². The van der Waals surface area contributed by atoms with Gasteiger partial charge in [-0.15, -0.1) is 0 Å². The zero-order chi connectivity index (χ0) is 18.2. The Morgan fingerprint density at radius 1 is 0.958 bits per heavy atom. The number of halogens is 1. The first-order chi connectivity index (χ1) is 11.1. The van der Waals surface area contributed by atoms with E-state index in [4.69, 9.17) is 4.43 Å². The minimum atomic E-state index is -1.55. The number of anilines is 1. The first kappa shape index (κ1) is 21.7. The van der Waals surface area contributed by atoms with Crippen molar-refractivity contribution < 1.29 is 4.43 Å². The molecule has 0 aliphatic rings. The van der Waals surface area contributed by atoms with Gasteiger partial charge < -0.3 is 9.33 Å². The summed E-state index contributed by atoms with van der Waals surface area (Å²) in [6.07, 6.45) is 6.37. The maximum Gasteiger partial charge on any atom is 0.191 e. The summed E-state index contributed by atoms with van der Waals surface area (Å²) in [5, 5.41) is 0.324. The summed E-state index contributed by atoms with van der Waals surface area (Å²) >= 11 is 3.48. The van der Waals surface area contributed by atoms with Crippen LogP contribution in [0.3, 0.4) is 0 Å².